The van der Waals surface area contributed by atoms with Gasteiger partial charge in [-0.3, -0.25) is 0 Å². The molecule has 3 heteroatoms. The van der Waals surface area contributed by atoms with Crippen molar-refractivity contribution in [2.75, 3.05) is 13.1 Å². The van der Waals surface area contributed by atoms with Gasteiger partial charge in [-0.25, -0.2) is 4.79 Å². The number of allylic oxidation sites excluding steroid dienone is 1. The smallest absolute Gasteiger partial charge is 0.410 e. The van der Waals surface area contributed by atoms with Crippen LogP contribution in [0, 0.1) is 5.41 Å². The molecule has 0 bridgehead atoms. The van der Waals surface area contributed by atoms with Crippen LogP contribution >= 0.6 is 0 Å². The molecule has 1 aliphatic heterocycles. The maximum atomic E-state index is 11.5. The van der Waals surface area contributed by atoms with Gasteiger partial charge in [0.05, 0.1) is 0 Å². The Morgan fingerprint density at radius 1 is 1.40 bits per heavy atom. The van der Waals surface area contributed by atoms with E-state index >= 15 is 0 Å². The first kappa shape index (κ1) is 12.1. The molecule has 15 heavy (non-hydrogen) atoms. The second kappa shape index (κ2) is 3.87. The zero-order valence-corrected chi connectivity index (χ0v) is 10.2. The molecule has 86 valence electrons. The molecule has 0 aromatic carbocycles. The number of hydrogen-bond acceptors (Lipinski definition) is 2. The number of rotatable bonds is 4. The number of amides is 1. The summed E-state index contributed by atoms with van der Waals surface area (Å²) in [5, 5.41) is 0. The van der Waals surface area contributed by atoms with Crippen molar-refractivity contribution in [2.45, 2.75) is 39.7 Å². The van der Waals surface area contributed by atoms with Crippen molar-refractivity contribution in [3.8, 4) is 0 Å². The van der Waals surface area contributed by atoms with Crippen LogP contribution in [0.2, 0.25) is 0 Å². The molecule has 0 unspecified atom stereocenters. The molecule has 0 aliphatic carbocycles. The molecular formula is C12H21NO2. The summed E-state index contributed by atoms with van der Waals surface area (Å²) in [6, 6.07) is 0. The van der Waals surface area contributed by atoms with Gasteiger partial charge in [-0.15, -0.1) is 6.58 Å². The minimum Gasteiger partial charge on any atom is -0.443 e. The van der Waals surface area contributed by atoms with Crippen LogP contribution in [-0.4, -0.2) is 29.7 Å². The Kier molecular flexibility index (Phi) is 3.12. The SMILES string of the molecule is C=CC(C)(C)CC(C)(C)OC(=O)N1CC1. The Labute approximate surface area is 92.1 Å². The maximum Gasteiger partial charge on any atom is 0.410 e. The largest absolute Gasteiger partial charge is 0.443 e. The zero-order valence-electron chi connectivity index (χ0n) is 10.2. The van der Waals surface area contributed by atoms with E-state index in [1.54, 1.807) is 4.90 Å². The van der Waals surface area contributed by atoms with Gasteiger partial charge in [-0.2, -0.15) is 0 Å². The number of carbonyl (C=O) groups is 1. The van der Waals surface area contributed by atoms with E-state index in [0.717, 1.165) is 19.5 Å². The molecule has 1 rings (SSSR count). The van der Waals surface area contributed by atoms with Gasteiger partial charge in [0.1, 0.15) is 5.60 Å². The number of nitrogens with zero attached hydrogens (tertiary/aromatic N) is 1. The van der Waals surface area contributed by atoms with E-state index in [1.807, 2.05) is 19.9 Å². The Bertz CT molecular complexity index is 265. The van der Waals surface area contributed by atoms with Gasteiger partial charge in [0.25, 0.3) is 0 Å². The molecule has 0 radical (unpaired) electrons. The van der Waals surface area contributed by atoms with Gasteiger partial charge in [-0.1, -0.05) is 19.9 Å². The summed E-state index contributed by atoms with van der Waals surface area (Å²) in [6.07, 6.45) is 2.49. The minimum absolute atomic E-state index is 0.0112. The van der Waals surface area contributed by atoms with Crippen molar-refractivity contribution in [3.05, 3.63) is 12.7 Å². The van der Waals surface area contributed by atoms with Crippen molar-refractivity contribution >= 4 is 6.09 Å². The van der Waals surface area contributed by atoms with Crippen molar-refractivity contribution in [1.29, 1.82) is 0 Å². The van der Waals surface area contributed by atoms with Gasteiger partial charge in [-0.05, 0) is 25.7 Å². The Morgan fingerprint density at radius 3 is 2.33 bits per heavy atom. The lowest BCUT2D eigenvalue weighted by atomic mass is 9.82. The van der Waals surface area contributed by atoms with E-state index in [0.29, 0.717) is 0 Å². The molecular weight excluding hydrogens is 190 g/mol. The Balaban J connectivity index is 2.50. The summed E-state index contributed by atoms with van der Waals surface area (Å²) in [4.78, 5) is 13.2. The predicted molar refractivity (Wildman–Crippen MR) is 60.7 cm³/mol. The highest BCUT2D eigenvalue weighted by molar-refractivity contribution is 5.70. The number of carbonyl (C=O) groups excluding carboxylic acids is 1. The third kappa shape index (κ3) is 3.94. The molecule has 1 amide bonds. The van der Waals surface area contributed by atoms with Crippen LogP contribution in [0.1, 0.15) is 34.1 Å². The fourth-order valence-electron chi connectivity index (χ4n) is 1.74. The normalized spacial score (nSPS) is 16.1. The summed E-state index contributed by atoms with van der Waals surface area (Å²) in [5.74, 6) is 0. The third-order valence-electron chi connectivity index (χ3n) is 2.50. The predicted octanol–water partition coefficient (Wildman–Crippen LogP) is 2.82. The van der Waals surface area contributed by atoms with Crippen molar-refractivity contribution in [1.82, 2.24) is 4.90 Å². The Hall–Kier alpha value is -0.990. The molecule has 1 heterocycles. The molecule has 0 aromatic heterocycles. The lowest BCUT2D eigenvalue weighted by Crippen LogP contribution is -2.34. The van der Waals surface area contributed by atoms with Crippen LogP contribution in [0.4, 0.5) is 4.79 Å². The van der Waals surface area contributed by atoms with E-state index < -0.39 is 5.60 Å². The lowest BCUT2D eigenvalue weighted by Gasteiger charge is -2.32. The van der Waals surface area contributed by atoms with Gasteiger partial charge in [0.15, 0.2) is 0 Å². The van der Waals surface area contributed by atoms with Gasteiger partial charge >= 0.3 is 6.09 Å². The van der Waals surface area contributed by atoms with Crippen LogP contribution in [0.25, 0.3) is 0 Å². The highest BCUT2D eigenvalue weighted by Crippen LogP contribution is 2.31. The molecule has 1 saturated heterocycles. The highest BCUT2D eigenvalue weighted by atomic mass is 16.6. The van der Waals surface area contributed by atoms with E-state index in [9.17, 15) is 4.79 Å². The molecule has 3 nitrogen and oxygen atoms in total. The summed E-state index contributed by atoms with van der Waals surface area (Å²) >= 11 is 0. The highest BCUT2D eigenvalue weighted by Gasteiger charge is 2.34. The number of hydrogen-bond donors (Lipinski definition) is 0. The van der Waals surface area contributed by atoms with Gasteiger partial charge < -0.3 is 9.64 Å². The van der Waals surface area contributed by atoms with E-state index in [-0.39, 0.29) is 11.5 Å². The second-order valence-corrected chi connectivity index (χ2v) is 5.48. The fourth-order valence-corrected chi connectivity index (χ4v) is 1.74. The van der Waals surface area contributed by atoms with E-state index in [4.69, 9.17) is 4.74 Å². The number of ether oxygens (including phenoxy) is 1. The zero-order chi connectivity index (χ0) is 11.7. The molecule has 0 atom stereocenters. The van der Waals surface area contributed by atoms with Crippen LogP contribution in [0.5, 0.6) is 0 Å². The van der Waals surface area contributed by atoms with Crippen molar-refractivity contribution < 1.29 is 9.53 Å². The lowest BCUT2D eigenvalue weighted by molar-refractivity contribution is 0.00675. The summed E-state index contributed by atoms with van der Waals surface area (Å²) in [7, 11) is 0. The maximum absolute atomic E-state index is 11.5. The van der Waals surface area contributed by atoms with Crippen LogP contribution < -0.4 is 0 Å². The first-order chi connectivity index (χ1) is 6.76. The molecule has 0 spiro atoms. The molecule has 0 N–H and O–H groups in total. The summed E-state index contributed by atoms with van der Waals surface area (Å²) in [6.45, 7) is 13.5. The average Bonchev–Trinajstić information content (AvgIpc) is 2.82. The van der Waals surface area contributed by atoms with Crippen LogP contribution in [-0.2, 0) is 4.74 Å². The minimum atomic E-state index is -0.433. The van der Waals surface area contributed by atoms with Gasteiger partial charge in [0.2, 0.25) is 0 Å². The molecule has 1 aliphatic rings. The summed E-state index contributed by atoms with van der Waals surface area (Å²) in [5.41, 5.74) is -0.444. The first-order valence-electron chi connectivity index (χ1n) is 5.37. The molecule has 0 saturated carbocycles. The standard InChI is InChI=1S/C12H21NO2/c1-6-11(2,3)9-12(4,5)15-10(14)13-7-8-13/h6H,1,7-9H2,2-5H3. The topological polar surface area (TPSA) is 29.3 Å². The monoisotopic (exact) mass is 211 g/mol. The third-order valence-corrected chi connectivity index (χ3v) is 2.50. The first-order valence-corrected chi connectivity index (χ1v) is 5.37. The van der Waals surface area contributed by atoms with E-state index in [1.165, 1.54) is 0 Å². The van der Waals surface area contributed by atoms with Crippen LogP contribution in [0.15, 0.2) is 12.7 Å². The van der Waals surface area contributed by atoms with Crippen molar-refractivity contribution in [3.63, 3.8) is 0 Å². The second-order valence-electron chi connectivity index (χ2n) is 5.48. The fraction of sp³-hybridized carbons (Fsp3) is 0.750. The Morgan fingerprint density at radius 2 is 1.93 bits per heavy atom. The van der Waals surface area contributed by atoms with E-state index in [2.05, 4.69) is 20.4 Å². The quantitative estimate of drug-likeness (QED) is 0.528. The van der Waals surface area contributed by atoms with Gasteiger partial charge in [0, 0.05) is 13.1 Å². The molecule has 1 fully saturated rings. The summed E-state index contributed by atoms with van der Waals surface area (Å²) < 4.78 is 5.44. The average molecular weight is 211 g/mol. The van der Waals surface area contributed by atoms with Crippen molar-refractivity contribution in [2.24, 2.45) is 5.41 Å². The molecule has 0 aromatic rings. The van der Waals surface area contributed by atoms with Crippen LogP contribution in [0.3, 0.4) is 0 Å².